The van der Waals surface area contributed by atoms with Gasteiger partial charge >= 0.3 is 6.85 Å². The highest BCUT2D eigenvalue weighted by Gasteiger charge is 2.46. The van der Waals surface area contributed by atoms with E-state index in [1.807, 2.05) is 40.9 Å². The van der Waals surface area contributed by atoms with Crippen LogP contribution in [0.2, 0.25) is 0 Å². The molecule has 12 aromatic rings. The maximum Gasteiger partial charge on any atom is 0.333 e. The number of aromatic nitrogens is 2. The number of anilines is 2. The molecule has 0 saturated heterocycles. The Morgan fingerprint density at radius 3 is 2.05 bits per heavy atom. The molecule has 0 unspecified atom stereocenters. The van der Waals surface area contributed by atoms with Crippen molar-refractivity contribution in [1.29, 1.82) is 0 Å². The largest absolute Gasteiger partial charge is 0.436 e. The van der Waals surface area contributed by atoms with Crippen LogP contribution in [0.3, 0.4) is 0 Å². The second kappa shape index (κ2) is 12.5. The van der Waals surface area contributed by atoms with Gasteiger partial charge in [-0.05, 0) is 105 Å². The summed E-state index contributed by atoms with van der Waals surface area (Å²) in [5.41, 5.74) is 16.5. The first-order valence-electron chi connectivity index (χ1n) is 22.3. The van der Waals surface area contributed by atoms with Crippen LogP contribution in [-0.2, 0) is 10.8 Å². The van der Waals surface area contributed by atoms with Crippen LogP contribution in [0.25, 0.3) is 102 Å². The van der Waals surface area contributed by atoms with Crippen LogP contribution in [0, 0.1) is 0 Å². The normalized spacial score (nSPS) is 13.7. The second-order valence-electron chi connectivity index (χ2n) is 19.9. The van der Waals surface area contributed by atoms with Crippen molar-refractivity contribution in [2.24, 2.45) is 0 Å². The summed E-state index contributed by atoms with van der Waals surface area (Å²) in [5, 5.41) is 7.91. The third-order valence-electron chi connectivity index (χ3n) is 14.1. The van der Waals surface area contributed by atoms with Gasteiger partial charge in [-0.25, -0.2) is 4.98 Å². The van der Waals surface area contributed by atoms with Crippen molar-refractivity contribution in [3.8, 4) is 28.3 Å². The summed E-state index contributed by atoms with van der Waals surface area (Å²) in [6.07, 6.45) is 0. The molecule has 0 atom stereocenters. The minimum absolute atomic E-state index is 0.0176. The summed E-state index contributed by atoms with van der Waals surface area (Å²) >= 11 is 3.85. The molecule has 2 aliphatic rings. The number of thiophene rings is 2. The molecule has 0 radical (unpaired) electrons. The van der Waals surface area contributed by atoms with Crippen molar-refractivity contribution >= 4 is 125 Å². The predicted molar refractivity (Wildman–Crippen MR) is 276 cm³/mol. The molecule has 0 saturated carbocycles. The Morgan fingerprint density at radius 2 is 1.28 bits per heavy atom. The molecule has 306 valence electrons. The molecule has 0 N–H and O–H groups in total. The average Bonchev–Trinajstić information content (AvgIpc) is 4.07. The zero-order chi connectivity index (χ0) is 43.0. The first-order chi connectivity index (χ1) is 31.0. The van der Waals surface area contributed by atoms with Gasteiger partial charge in [-0.1, -0.05) is 114 Å². The fourth-order valence-electron chi connectivity index (χ4n) is 11.0. The molecule has 0 aliphatic carbocycles. The van der Waals surface area contributed by atoms with Gasteiger partial charge in [-0.15, -0.1) is 22.7 Å². The molecule has 0 fully saturated rings. The zero-order valence-electron chi connectivity index (χ0n) is 36.5. The molecule has 8 aromatic carbocycles. The zero-order valence-corrected chi connectivity index (χ0v) is 38.1. The number of hydrogen-bond acceptors (Lipinski definition) is 5. The number of nitrogens with zero attached hydrogens (tertiary/aromatic N) is 3. The van der Waals surface area contributed by atoms with Gasteiger partial charge in [0.05, 0.1) is 11.0 Å². The van der Waals surface area contributed by atoms with Crippen LogP contribution in [0.4, 0.5) is 11.4 Å². The van der Waals surface area contributed by atoms with Crippen LogP contribution in [0.5, 0.6) is 0 Å². The Kier molecular flexibility index (Phi) is 7.20. The van der Waals surface area contributed by atoms with Crippen LogP contribution in [0.1, 0.15) is 52.7 Å². The minimum atomic E-state index is -0.175. The van der Waals surface area contributed by atoms with E-state index in [0.29, 0.717) is 5.89 Å². The van der Waals surface area contributed by atoms with Crippen molar-refractivity contribution in [2.45, 2.75) is 52.4 Å². The van der Waals surface area contributed by atoms with E-state index < -0.39 is 0 Å². The minimum Gasteiger partial charge on any atom is -0.436 e. The van der Waals surface area contributed by atoms with E-state index in [-0.39, 0.29) is 17.7 Å². The average molecular weight is 860 g/mol. The number of oxazole rings is 1. The highest BCUT2D eigenvalue weighted by atomic mass is 32.1. The molecule has 2 aliphatic heterocycles. The van der Waals surface area contributed by atoms with E-state index in [4.69, 9.17) is 9.40 Å². The lowest BCUT2D eigenvalue weighted by Gasteiger charge is -2.42. The quantitative estimate of drug-likeness (QED) is 0.162. The van der Waals surface area contributed by atoms with E-state index in [9.17, 15) is 0 Å². The van der Waals surface area contributed by atoms with E-state index in [0.717, 1.165) is 22.4 Å². The lowest BCUT2D eigenvalue weighted by molar-refractivity contribution is 0.590. The van der Waals surface area contributed by atoms with Crippen molar-refractivity contribution < 1.29 is 4.42 Å². The van der Waals surface area contributed by atoms with Crippen molar-refractivity contribution in [1.82, 2.24) is 9.55 Å². The van der Waals surface area contributed by atoms with Crippen LogP contribution >= 0.6 is 22.7 Å². The van der Waals surface area contributed by atoms with Crippen LogP contribution in [-0.4, -0.2) is 16.4 Å². The molecular weight excluding hydrogens is 818 g/mol. The molecule has 14 rings (SSSR count). The second-order valence-corrected chi connectivity index (χ2v) is 22.1. The summed E-state index contributed by atoms with van der Waals surface area (Å²) < 4.78 is 14.6. The van der Waals surface area contributed by atoms with Gasteiger partial charge in [-0.2, -0.15) is 0 Å². The fourth-order valence-corrected chi connectivity index (χ4v) is 13.4. The summed E-state index contributed by atoms with van der Waals surface area (Å²) in [4.78, 5) is 7.90. The van der Waals surface area contributed by atoms with Gasteiger partial charge in [0.25, 0.3) is 0 Å². The fraction of sp³-hybridized carbons (Fsp3) is 0.140. The molecule has 6 heterocycles. The van der Waals surface area contributed by atoms with Crippen molar-refractivity contribution in [2.75, 3.05) is 4.81 Å². The Morgan fingerprint density at radius 1 is 0.578 bits per heavy atom. The topological polar surface area (TPSA) is 34.2 Å². The van der Waals surface area contributed by atoms with E-state index in [1.165, 1.54) is 107 Å². The van der Waals surface area contributed by atoms with Crippen molar-refractivity contribution in [3.05, 3.63) is 157 Å². The number of rotatable bonds is 2. The molecule has 4 aromatic heterocycles. The highest BCUT2D eigenvalue weighted by molar-refractivity contribution is 7.27. The van der Waals surface area contributed by atoms with Crippen LogP contribution < -0.4 is 15.7 Å². The standard InChI is InChI=1S/C57H42BN3OS2/c1-56(2,3)32-20-23-34(24-21-32)61-43-27-37-35-16-10-12-18-46(35)63-48(37)28-39(43)49-50-36-17-11-13-19-47(36)64-54(50)51-38-26-33(57(4,5)6)22-25-42(38)60-44-30-45-41(29-40(44)58(61)52(49)53(51)60)59-55(62-45)31-14-8-7-9-15-31/h7-30H,1-6H3. The molecule has 64 heavy (non-hydrogen) atoms. The summed E-state index contributed by atoms with van der Waals surface area (Å²) in [6, 6.07) is 54.6. The first-order valence-corrected chi connectivity index (χ1v) is 23.9. The maximum absolute atomic E-state index is 6.73. The molecule has 0 spiro atoms. The monoisotopic (exact) mass is 859 g/mol. The lowest BCUT2D eigenvalue weighted by Crippen LogP contribution is -2.60. The SMILES string of the molecule is CC(C)(C)c1ccc(N2B3c4cc5nc(-c6ccccc6)oc5cc4-n4c5ccc(C(C)(C)C)cc5c5c6sc7ccccc7c6c(c3c54)-c3cc4sc5ccccc5c4cc32)cc1. The van der Waals surface area contributed by atoms with E-state index in [1.54, 1.807) is 0 Å². The smallest absolute Gasteiger partial charge is 0.333 e. The Labute approximate surface area is 379 Å². The Balaban J connectivity index is 1.21. The van der Waals surface area contributed by atoms with Crippen molar-refractivity contribution in [3.63, 3.8) is 0 Å². The van der Waals surface area contributed by atoms with Crippen LogP contribution in [0.15, 0.2) is 150 Å². The third kappa shape index (κ3) is 4.91. The van der Waals surface area contributed by atoms with E-state index >= 15 is 0 Å². The van der Waals surface area contributed by atoms with E-state index in [2.05, 4.69) is 178 Å². The number of benzene rings is 8. The van der Waals surface area contributed by atoms with Gasteiger partial charge in [-0.3, -0.25) is 0 Å². The van der Waals surface area contributed by atoms with Gasteiger partial charge in [0.1, 0.15) is 5.52 Å². The number of fused-ring (bicyclic) bond motifs is 17. The third-order valence-corrected chi connectivity index (χ3v) is 16.4. The highest BCUT2D eigenvalue weighted by Crippen LogP contribution is 2.54. The van der Waals surface area contributed by atoms with Gasteiger partial charge in [0, 0.05) is 85.4 Å². The maximum atomic E-state index is 6.73. The summed E-state index contributed by atoms with van der Waals surface area (Å²) in [5.74, 6) is 0.635. The molecule has 0 amide bonds. The Bertz CT molecular complexity index is 3990. The summed E-state index contributed by atoms with van der Waals surface area (Å²) in [6.45, 7) is 13.7. The summed E-state index contributed by atoms with van der Waals surface area (Å²) in [7, 11) is 0. The molecule has 4 nitrogen and oxygen atoms in total. The molecule has 7 heteroatoms. The van der Waals surface area contributed by atoms with Gasteiger partial charge in [0.2, 0.25) is 5.89 Å². The Hall–Kier alpha value is -6.67. The van der Waals surface area contributed by atoms with Gasteiger partial charge in [0.15, 0.2) is 5.58 Å². The predicted octanol–water partition coefficient (Wildman–Crippen LogP) is 15.2. The lowest BCUT2D eigenvalue weighted by atomic mass is 9.43. The van der Waals surface area contributed by atoms with Gasteiger partial charge < -0.3 is 13.8 Å². The molecular formula is C57H42BN3OS2. The molecule has 0 bridgehead atoms. The first kappa shape index (κ1) is 36.8. The number of hydrogen-bond donors (Lipinski definition) is 0.